The Morgan fingerprint density at radius 3 is 2.84 bits per heavy atom. The number of hydrogen-bond acceptors (Lipinski definition) is 2. The van der Waals surface area contributed by atoms with E-state index in [9.17, 15) is 0 Å². The van der Waals surface area contributed by atoms with Crippen molar-refractivity contribution in [3.8, 4) is 0 Å². The molecule has 1 saturated carbocycles. The van der Waals surface area contributed by atoms with E-state index in [1.807, 2.05) is 0 Å². The second-order valence-corrected chi connectivity index (χ2v) is 7.02. The van der Waals surface area contributed by atoms with Gasteiger partial charge in [0.1, 0.15) is 0 Å². The smallest absolute Gasteiger partial charge is 0.0194 e. The lowest BCUT2D eigenvalue weighted by atomic mass is 9.81. The van der Waals surface area contributed by atoms with Gasteiger partial charge in [-0.3, -0.25) is 0 Å². The summed E-state index contributed by atoms with van der Waals surface area (Å²) in [5, 5.41) is 3.72. The third-order valence-corrected chi connectivity index (χ3v) is 5.10. The predicted molar refractivity (Wildman–Crippen MR) is 83.5 cm³/mol. The Bertz CT molecular complexity index is 241. The molecule has 0 aromatic heterocycles. The van der Waals surface area contributed by atoms with Crippen LogP contribution in [-0.4, -0.2) is 37.1 Å². The van der Waals surface area contributed by atoms with Gasteiger partial charge in [-0.2, -0.15) is 0 Å². The van der Waals surface area contributed by atoms with Crippen molar-refractivity contribution in [1.29, 1.82) is 0 Å². The molecular weight excluding hydrogens is 232 g/mol. The van der Waals surface area contributed by atoms with Crippen molar-refractivity contribution in [2.45, 2.75) is 71.3 Å². The van der Waals surface area contributed by atoms with Crippen LogP contribution in [0.15, 0.2) is 0 Å². The quantitative estimate of drug-likeness (QED) is 0.817. The first-order chi connectivity index (χ1) is 9.28. The van der Waals surface area contributed by atoms with Crippen molar-refractivity contribution < 1.29 is 0 Å². The highest BCUT2D eigenvalue weighted by Crippen LogP contribution is 2.30. The zero-order chi connectivity index (χ0) is 13.5. The molecule has 0 bridgehead atoms. The summed E-state index contributed by atoms with van der Waals surface area (Å²) < 4.78 is 0. The SMILES string of the molecule is CCCC1CN(CCC2CCCC(C)C2)CCCN1. The van der Waals surface area contributed by atoms with Crippen LogP contribution in [0.25, 0.3) is 0 Å². The first-order valence-corrected chi connectivity index (χ1v) is 8.73. The molecule has 112 valence electrons. The van der Waals surface area contributed by atoms with Crippen LogP contribution >= 0.6 is 0 Å². The summed E-state index contributed by atoms with van der Waals surface area (Å²) in [4.78, 5) is 2.74. The van der Waals surface area contributed by atoms with Crippen molar-refractivity contribution in [3.63, 3.8) is 0 Å². The molecule has 19 heavy (non-hydrogen) atoms. The van der Waals surface area contributed by atoms with Crippen LogP contribution < -0.4 is 5.32 Å². The van der Waals surface area contributed by atoms with Crippen molar-refractivity contribution in [2.75, 3.05) is 26.2 Å². The van der Waals surface area contributed by atoms with Crippen molar-refractivity contribution >= 4 is 0 Å². The van der Waals surface area contributed by atoms with Crippen LogP contribution in [-0.2, 0) is 0 Å². The van der Waals surface area contributed by atoms with Gasteiger partial charge >= 0.3 is 0 Å². The third kappa shape index (κ3) is 5.43. The normalized spacial score (nSPS) is 34.1. The summed E-state index contributed by atoms with van der Waals surface area (Å²) in [6.07, 6.45) is 11.4. The molecule has 0 amide bonds. The molecular formula is C17H34N2. The predicted octanol–water partition coefficient (Wildman–Crippen LogP) is 3.67. The lowest BCUT2D eigenvalue weighted by Crippen LogP contribution is -2.38. The maximum atomic E-state index is 3.72. The molecule has 2 fully saturated rings. The van der Waals surface area contributed by atoms with E-state index in [1.54, 1.807) is 0 Å². The van der Waals surface area contributed by atoms with Gasteiger partial charge < -0.3 is 10.2 Å². The Morgan fingerprint density at radius 1 is 1.16 bits per heavy atom. The van der Waals surface area contributed by atoms with Gasteiger partial charge in [0.25, 0.3) is 0 Å². The first-order valence-electron chi connectivity index (χ1n) is 8.73. The van der Waals surface area contributed by atoms with Crippen LogP contribution in [0.1, 0.15) is 65.2 Å². The van der Waals surface area contributed by atoms with Gasteiger partial charge in [0.05, 0.1) is 0 Å². The number of hydrogen-bond donors (Lipinski definition) is 1. The summed E-state index contributed by atoms with van der Waals surface area (Å²) in [5.74, 6) is 2.00. The molecule has 0 spiro atoms. The molecule has 1 aliphatic heterocycles. The lowest BCUT2D eigenvalue weighted by Gasteiger charge is -2.30. The Balaban J connectivity index is 1.71. The van der Waals surface area contributed by atoms with Gasteiger partial charge in [-0.1, -0.05) is 39.5 Å². The van der Waals surface area contributed by atoms with Gasteiger partial charge in [-0.25, -0.2) is 0 Å². The molecule has 0 aromatic carbocycles. The van der Waals surface area contributed by atoms with E-state index in [4.69, 9.17) is 0 Å². The van der Waals surface area contributed by atoms with Gasteiger partial charge in [0.15, 0.2) is 0 Å². The fourth-order valence-corrected chi connectivity index (χ4v) is 4.01. The zero-order valence-electron chi connectivity index (χ0n) is 13.2. The average molecular weight is 266 g/mol. The van der Waals surface area contributed by atoms with E-state index in [1.165, 1.54) is 77.5 Å². The summed E-state index contributed by atoms with van der Waals surface area (Å²) in [5.41, 5.74) is 0. The van der Waals surface area contributed by atoms with Crippen molar-refractivity contribution in [3.05, 3.63) is 0 Å². The molecule has 2 heteroatoms. The fourth-order valence-electron chi connectivity index (χ4n) is 4.01. The molecule has 2 aliphatic rings. The Kier molecular flexibility index (Phi) is 6.66. The molecule has 2 nitrogen and oxygen atoms in total. The number of rotatable bonds is 5. The van der Waals surface area contributed by atoms with E-state index in [0.717, 1.165) is 17.9 Å². The molecule has 0 aromatic rings. The van der Waals surface area contributed by atoms with Crippen molar-refractivity contribution in [2.24, 2.45) is 11.8 Å². The van der Waals surface area contributed by atoms with Gasteiger partial charge in [-0.15, -0.1) is 0 Å². The van der Waals surface area contributed by atoms with Crippen LogP contribution in [0.4, 0.5) is 0 Å². The van der Waals surface area contributed by atoms with Crippen LogP contribution in [0.5, 0.6) is 0 Å². The number of nitrogens with zero attached hydrogens (tertiary/aromatic N) is 1. The van der Waals surface area contributed by atoms with Gasteiger partial charge in [0.2, 0.25) is 0 Å². The third-order valence-electron chi connectivity index (χ3n) is 5.10. The second kappa shape index (κ2) is 8.26. The first kappa shape index (κ1) is 15.3. The minimum atomic E-state index is 0.748. The monoisotopic (exact) mass is 266 g/mol. The number of nitrogens with one attached hydrogen (secondary N) is 1. The largest absolute Gasteiger partial charge is 0.313 e. The molecule has 1 saturated heterocycles. The molecule has 1 heterocycles. The minimum Gasteiger partial charge on any atom is -0.313 e. The van der Waals surface area contributed by atoms with Crippen LogP contribution in [0.2, 0.25) is 0 Å². The fraction of sp³-hybridized carbons (Fsp3) is 1.00. The molecule has 1 N–H and O–H groups in total. The van der Waals surface area contributed by atoms with E-state index < -0.39 is 0 Å². The van der Waals surface area contributed by atoms with Crippen LogP contribution in [0.3, 0.4) is 0 Å². The van der Waals surface area contributed by atoms with E-state index >= 15 is 0 Å². The summed E-state index contributed by atoms with van der Waals surface area (Å²) in [6.45, 7) is 9.92. The molecule has 2 rings (SSSR count). The molecule has 1 aliphatic carbocycles. The standard InChI is InChI=1S/C17H34N2/c1-3-6-17-14-19(11-5-10-18-17)12-9-16-8-4-7-15(2)13-16/h15-18H,3-14H2,1-2H3. The maximum Gasteiger partial charge on any atom is 0.0194 e. The zero-order valence-corrected chi connectivity index (χ0v) is 13.2. The van der Waals surface area contributed by atoms with Gasteiger partial charge in [0, 0.05) is 12.6 Å². The molecule has 3 atom stereocenters. The second-order valence-electron chi connectivity index (χ2n) is 7.02. The Hall–Kier alpha value is -0.0800. The van der Waals surface area contributed by atoms with Gasteiger partial charge in [-0.05, 0) is 57.2 Å². The van der Waals surface area contributed by atoms with Crippen LogP contribution in [0, 0.1) is 11.8 Å². The van der Waals surface area contributed by atoms with E-state index in [0.29, 0.717) is 0 Å². The molecule has 3 unspecified atom stereocenters. The lowest BCUT2D eigenvalue weighted by molar-refractivity contribution is 0.207. The Morgan fingerprint density at radius 2 is 2.05 bits per heavy atom. The highest BCUT2D eigenvalue weighted by atomic mass is 15.2. The summed E-state index contributed by atoms with van der Waals surface area (Å²) in [7, 11) is 0. The summed E-state index contributed by atoms with van der Waals surface area (Å²) >= 11 is 0. The van der Waals surface area contributed by atoms with Crippen molar-refractivity contribution in [1.82, 2.24) is 10.2 Å². The highest BCUT2D eigenvalue weighted by Gasteiger charge is 2.21. The average Bonchev–Trinajstić information content (AvgIpc) is 2.62. The molecule has 0 radical (unpaired) electrons. The maximum absolute atomic E-state index is 3.72. The topological polar surface area (TPSA) is 15.3 Å². The highest BCUT2D eigenvalue weighted by molar-refractivity contribution is 4.78. The Labute approximate surface area is 120 Å². The minimum absolute atomic E-state index is 0.748. The van der Waals surface area contributed by atoms with E-state index in [2.05, 4.69) is 24.1 Å². The summed E-state index contributed by atoms with van der Waals surface area (Å²) in [6, 6.07) is 0.748. The van der Waals surface area contributed by atoms with E-state index in [-0.39, 0.29) is 0 Å².